The summed E-state index contributed by atoms with van der Waals surface area (Å²) >= 11 is 0. The number of halogens is 1. The Kier molecular flexibility index (Phi) is 6.77. The summed E-state index contributed by atoms with van der Waals surface area (Å²) in [6.07, 6.45) is 0. The van der Waals surface area contributed by atoms with Crippen LogP contribution in [0.2, 0.25) is 0 Å². The Morgan fingerprint density at radius 1 is 0.824 bits per heavy atom. The number of nitrogens with one attached hydrogen (secondary N) is 1. The third-order valence-electron chi connectivity index (χ3n) is 6.03. The van der Waals surface area contributed by atoms with E-state index < -0.39 is 17.6 Å². The molecule has 4 rings (SSSR count). The third-order valence-corrected chi connectivity index (χ3v) is 6.03. The van der Waals surface area contributed by atoms with E-state index in [-0.39, 0.29) is 17.8 Å². The van der Waals surface area contributed by atoms with Gasteiger partial charge in [-0.2, -0.15) is 0 Å². The summed E-state index contributed by atoms with van der Waals surface area (Å²) in [5.74, 6) is -1.21. The Bertz CT molecular complexity index is 1210. The van der Waals surface area contributed by atoms with Crippen LogP contribution in [0.15, 0.2) is 78.5 Å². The van der Waals surface area contributed by atoms with Crippen molar-refractivity contribution in [1.82, 2.24) is 4.90 Å². The van der Waals surface area contributed by atoms with Crippen LogP contribution < -0.4 is 10.2 Å². The van der Waals surface area contributed by atoms with Gasteiger partial charge in [-0.25, -0.2) is 4.39 Å². The predicted octanol–water partition coefficient (Wildman–Crippen LogP) is 5.37. The second-order valence-electron chi connectivity index (χ2n) is 8.28. The zero-order valence-corrected chi connectivity index (χ0v) is 19.6. The number of amides is 2. The van der Waals surface area contributed by atoms with E-state index in [4.69, 9.17) is 0 Å². The van der Waals surface area contributed by atoms with E-state index in [0.717, 1.165) is 29.9 Å². The smallest absolute Gasteiger partial charge is 0.278 e. The number of hydrogen-bond acceptors (Lipinski definition) is 4. The van der Waals surface area contributed by atoms with Gasteiger partial charge in [0.15, 0.2) is 0 Å². The first kappa shape index (κ1) is 23.2. The first-order valence-electron chi connectivity index (χ1n) is 11.4. The molecule has 2 amide bonds. The van der Waals surface area contributed by atoms with Gasteiger partial charge in [0.1, 0.15) is 11.5 Å². The number of carbonyl (C=O) groups is 2. The fraction of sp³-hybridized carbons (Fsp3) is 0.214. The van der Waals surface area contributed by atoms with Crippen LogP contribution in [-0.4, -0.2) is 29.8 Å². The van der Waals surface area contributed by atoms with E-state index >= 15 is 0 Å². The van der Waals surface area contributed by atoms with Gasteiger partial charge in [0.25, 0.3) is 11.8 Å². The van der Waals surface area contributed by atoms with Crippen molar-refractivity contribution in [2.75, 3.05) is 23.3 Å². The fourth-order valence-corrected chi connectivity index (χ4v) is 4.08. The van der Waals surface area contributed by atoms with E-state index in [0.29, 0.717) is 11.3 Å². The van der Waals surface area contributed by atoms with Gasteiger partial charge in [-0.3, -0.25) is 14.5 Å². The lowest BCUT2D eigenvalue weighted by atomic mass is 10.0. The monoisotopic (exact) mass is 457 g/mol. The highest BCUT2D eigenvalue weighted by Crippen LogP contribution is 2.32. The molecule has 0 unspecified atom stereocenters. The van der Waals surface area contributed by atoms with Crippen LogP contribution in [0.25, 0.3) is 5.57 Å². The van der Waals surface area contributed by atoms with Crippen molar-refractivity contribution < 1.29 is 14.0 Å². The highest BCUT2D eigenvalue weighted by atomic mass is 19.1. The van der Waals surface area contributed by atoms with Crippen molar-refractivity contribution >= 4 is 28.8 Å². The largest absolute Gasteiger partial charge is 0.372 e. The number of rotatable bonds is 8. The van der Waals surface area contributed by atoms with Crippen LogP contribution in [0.5, 0.6) is 0 Å². The van der Waals surface area contributed by atoms with Crippen molar-refractivity contribution in [3.63, 3.8) is 0 Å². The first-order valence-corrected chi connectivity index (χ1v) is 11.4. The summed E-state index contributed by atoms with van der Waals surface area (Å²) in [6.45, 7) is 8.13. The number of imide groups is 1. The maximum atomic E-state index is 13.6. The minimum absolute atomic E-state index is 0.161. The summed E-state index contributed by atoms with van der Waals surface area (Å²) in [4.78, 5) is 30.3. The molecule has 3 aromatic carbocycles. The minimum Gasteiger partial charge on any atom is -0.372 e. The zero-order chi connectivity index (χ0) is 24.2. The molecule has 1 N–H and O–H groups in total. The Balaban J connectivity index is 1.68. The molecule has 0 spiro atoms. The van der Waals surface area contributed by atoms with Gasteiger partial charge in [-0.15, -0.1) is 0 Å². The lowest BCUT2D eigenvalue weighted by Gasteiger charge is -2.21. The van der Waals surface area contributed by atoms with Crippen LogP contribution in [0.4, 0.5) is 15.8 Å². The molecule has 6 heteroatoms. The molecule has 174 valence electrons. The predicted molar refractivity (Wildman–Crippen MR) is 134 cm³/mol. The highest BCUT2D eigenvalue weighted by Gasteiger charge is 2.39. The Morgan fingerprint density at radius 2 is 1.44 bits per heavy atom. The number of carbonyl (C=O) groups excluding carboxylic acids is 2. The summed E-state index contributed by atoms with van der Waals surface area (Å²) < 4.78 is 13.6. The molecule has 1 heterocycles. The number of hydrogen-bond donors (Lipinski definition) is 1. The lowest BCUT2D eigenvalue weighted by molar-refractivity contribution is -0.137. The van der Waals surface area contributed by atoms with E-state index in [1.54, 1.807) is 0 Å². The van der Waals surface area contributed by atoms with E-state index in [1.807, 2.05) is 55.5 Å². The molecule has 0 radical (unpaired) electrons. The molecule has 0 aliphatic carbocycles. The summed E-state index contributed by atoms with van der Waals surface area (Å²) in [7, 11) is 0. The molecule has 1 aliphatic heterocycles. The van der Waals surface area contributed by atoms with Crippen molar-refractivity contribution in [3.05, 3.63) is 101 Å². The van der Waals surface area contributed by atoms with Gasteiger partial charge in [-0.05, 0) is 68.3 Å². The normalized spacial score (nSPS) is 13.6. The number of aryl methyl sites for hydroxylation is 1. The van der Waals surface area contributed by atoms with Crippen LogP contribution in [0.3, 0.4) is 0 Å². The highest BCUT2D eigenvalue weighted by molar-refractivity contribution is 6.36. The SMILES string of the molecule is CCN(CC)c1ccc(NC2=C(c3ccc(F)cc3)C(=O)N(Cc3ccc(C)cc3)C2=O)cc1. The second-order valence-corrected chi connectivity index (χ2v) is 8.28. The van der Waals surface area contributed by atoms with Gasteiger partial charge in [0.05, 0.1) is 12.1 Å². The molecule has 0 saturated heterocycles. The Hall–Kier alpha value is -3.93. The van der Waals surface area contributed by atoms with E-state index in [1.165, 1.54) is 29.2 Å². The van der Waals surface area contributed by atoms with E-state index in [9.17, 15) is 14.0 Å². The minimum atomic E-state index is -0.405. The second kappa shape index (κ2) is 9.91. The number of benzene rings is 3. The maximum absolute atomic E-state index is 13.6. The lowest BCUT2D eigenvalue weighted by Crippen LogP contribution is -2.32. The quantitative estimate of drug-likeness (QED) is 0.462. The van der Waals surface area contributed by atoms with Gasteiger partial charge >= 0.3 is 0 Å². The average molecular weight is 458 g/mol. The van der Waals surface area contributed by atoms with Crippen molar-refractivity contribution in [2.45, 2.75) is 27.3 Å². The van der Waals surface area contributed by atoms with Crippen molar-refractivity contribution in [2.24, 2.45) is 0 Å². The molecule has 1 aliphatic rings. The Labute approximate surface area is 199 Å². The van der Waals surface area contributed by atoms with Crippen LogP contribution in [0.1, 0.15) is 30.5 Å². The van der Waals surface area contributed by atoms with Crippen molar-refractivity contribution in [1.29, 1.82) is 0 Å². The molecule has 5 nitrogen and oxygen atoms in total. The summed E-state index contributed by atoms with van der Waals surface area (Å²) in [6, 6.07) is 21.1. The molecule has 0 fully saturated rings. The Morgan fingerprint density at radius 3 is 2.03 bits per heavy atom. The molecule has 0 atom stereocenters. The maximum Gasteiger partial charge on any atom is 0.278 e. The number of nitrogens with zero attached hydrogens (tertiary/aromatic N) is 2. The van der Waals surface area contributed by atoms with Gasteiger partial charge in [0.2, 0.25) is 0 Å². The molecule has 34 heavy (non-hydrogen) atoms. The van der Waals surface area contributed by atoms with E-state index in [2.05, 4.69) is 24.1 Å². The molecular weight excluding hydrogens is 429 g/mol. The summed E-state index contributed by atoms with van der Waals surface area (Å²) in [5.41, 5.74) is 4.67. The molecular formula is C28H28FN3O2. The summed E-state index contributed by atoms with van der Waals surface area (Å²) in [5, 5.41) is 3.17. The third kappa shape index (κ3) is 4.71. The molecule has 0 bridgehead atoms. The van der Waals surface area contributed by atoms with Gasteiger partial charge < -0.3 is 10.2 Å². The average Bonchev–Trinajstić information content (AvgIpc) is 3.07. The van der Waals surface area contributed by atoms with Crippen molar-refractivity contribution in [3.8, 4) is 0 Å². The van der Waals surface area contributed by atoms with Crippen LogP contribution >= 0.6 is 0 Å². The van der Waals surface area contributed by atoms with Crippen LogP contribution in [-0.2, 0) is 16.1 Å². The van der Waals surface area contributed by atoms with Gasteiger partial charge in [0, 0.05) is 24.5 Å². The molecule has 0 saturated carbocycles. The molecule has 0 aromatic heterocycles. The topological polar surface area (TPSA) is 52.7 Å². The first-order chi connectivity index (χ1) is 16.4. The zero-order valence-electron chi connectivity index (χ0n) is 19.6. The standard InChI is InChI=1S/C28H28FN3O2/c1-4-31(5-2)24-16-14-23(15-17-24)30-26-25(21-10-12-22(29)13-11-21)27(33)32(28(26)34)18-20-8-6-19(3)7-9-20/h6-17,30H,4-5,18H2,1-3H3. The van der Waals surface area contributed by atoms with Crippen LogP contribution in [0, 0.1) is 12.7 Å². The fourth-order valence-electron chi connectivity index (χ4n) is 4.08. The molecule has 3 aromatic rings. The van der Waals surface area contributed by atoms with Gasteiger partial charge in [-0.1, -0.05) is 42.0 Å². The number of anilines is 2.